The number of thiophene rings is 1. The Hall–Kier alpha value is -8.23. The quantitative estimate of drug-likeness (QED) is 0.0611. The van der Waals surface area contributed by atoms with Crippen LogP contribution in [0.4, 0.5) is 28.4 Å². The van der Waals surface area contributed by atoms with Gasteiger partial charge in [0.25, 0.3) is 29.5 Å². The number of amides is 5. The molecule has 0 saturated carbocycles. The molecule has 0 aliphatic carbocycles. The number of rotatable bonds is 9. The number of hydrogen-bond donors (Lipinski definition) is 6. The monoisotopic (exact) mass is 1870 g/mol. The maximum Gasteiger partial charge on any atom is 0.256 e. The van der Waals surface area contributed by atoms with Gasteiger partial charge in [-0.1, -0.05) is 177 Å². The number of nitriles is 1. The van der Waals surface area contributed by atoms with Crippen molar-refractivity contribution in [1.29, 1.82) is 5.26 Å². The Morgan fingerprint density at radius 2 is 0.873 bits per heavy atom. The van der Waals surface area contributed by atoms with E-state index < -0.39 is 0 Å². The van der Waals surface area contributed by atoms with Crippen LogP contribution in [0.1, 0.15) is 90.1 Å². The molecule has 9 aromatic carbocycles. The van der Waals surface area contributed by atoms with Crippen LogP contribution >= 0.6 is 139 Å². The molecule has 10 aromatic rings. The van der Waals surface area contributed by atoms with Crippen LogP contribution in [0.2, 0.25) is 0 Å². The Kier molecular flexibility index (Phi) is 25.1. The van der Waals surface area contributed by atoms with E-state index in [4.69, 9.17) is 11.7 Å². The average Bonchev–Trinajstić information content (AvgIpc) is 1.64. The van der Waals surface area contributed by atoms with Crippen LogP contribution in [0.3, 0.4) is 0 Å². The zero-order valence-electron chi connectivity index (χ0n) is 53.6. The van der Waals surface area contributed by atoms with Crippen LogP contribution in [-0.2, 0) is 19.2 Å². The molecule has 5 heterocycles. The van der Waals surface area contributed by atoms with Crippen molar-refractivity contribution >= 4 is 243 Å². The molecule has 14 rings (SSSR count). The number of aliphatic hydroxyl groups is 1. The van der Waals surface area contributed by atoms with Crippen molar-refractivity contribution < 1.29 is 29.1 Å². The van der Waals surface area contributed by atoms with Crippen LogP contribution in [-0.4, -0.2) is 47.8 Å². The van der Waals surface area contributed by atoms with E-state index >= 15 is 0 Å². The molecule has 13 nitrogen and oxygen atoms in total. The van der Waals surface area contributed by atoms with Gasteiger partial charge in [0.05, 0.1) is 24.8 Å². The van der Waals surface area contributed by atoms with Crippen LogP contribution in [0.15, 0.2) is 198 Å². The third kappa shape index (κ3) is 17.2. The second kappa shape index (κ2) is 33.5. The number of hydrogen-bond acceptors (Lipinski definition) is 8. The van der Waals surface area contributed by atoms with E-state index in [1.807, 2.05) is 149 Å². The van der Waals surface area contributed by atoms with Gasteiger partial charge in [0.1, 0.15) is 0 Å². The van der Waals surface area contributed by atoms with Gasteiger partial charge in [-0.2, -0.15) is 16.6 Å². The third-order valence-electron chi connectivity index (χ3n) is 16.7. The topological polar surface area (TPSA) is 194 Å². The lowest BCUT2D eigenvalue weighted by atomic mass is 9.96. The van der Waals surface area contributed by atoms with Crippen molar-refractivity contribution in [3.63, 3.8) is 0 Å². The van der Waals surface area contributed by atoms with E-state index in [1.165, 1.54) is 5.56 Å². The first-order valence-electron chi connectivity index (χ1n) is 30.7. The fraction of sp³-hybridized carbons (Fsp3) is 0.0875. The summed E-state index contributed by atoms with van der Waals surface area (Å²) < 4.78 is 7.82. The van der Waals surface area contributed by atoms with Gasteiger partial charge in [-0.05, 0) is 239 Å². The predicted molar refractivity (Wildman–Crippen MR) is 444 cm³/mol. The van der Waals surface area contributed by atoms with Gasteiger partial charge >= 0.3 is 0 Å². The number of carbonyl (C=O) groups is 5. The molecule has 5 amide bonds. The number of benzene rings is 9. The van der Waals surface area contributed by atoms with Gasteiger partial charge in [-0.25, -0.2) is 4.85 Å². The normalized spacial score (nSPS) is 14.2. The number of aliphatic hydroxyl groups excluding tert-OH is 1. The van der Waals surface area contributed by atoms with E-state index in [2.05, 4.69) is 188 Å². The highest BCUT2D eigenvalue weighted by molar-refractivity contribution is 9.12. The fourth-order valence-electron chi connectivity index (χ4n) is 11.1. The van der Waals surface area contributed by atoms with Crippen molar-refractivity contribution in [3.05, 3.63) is 288 Å². The van der Waals surface area contributed by atoms with E-state index in [0.29, 0.717) is 56.0 Å². The molecule has 0 bridgehead atoms. The molecule has 0 fully saturated rings. The van der Waals surface area contributed by atoms with Crippen molar-refractivity contribution in [2.24, 2.45) is 0 Å². The maximum atomic E-state index is 12.6. The predicted octanol–water partition coefficient (Wildman–Crippen LogP) is 23.2. The Morgan fingerprint density at radius 3 is 1.28 bits per heavy atom. The molecule has 22 heteroatoms. The van der Waals surface area contributed by atoms with Crippen molar-refractivity contribution in [2.45, 2.75) is 35.1 Å². The highest BCUT2D eigenvalue weighted by atomic mass is 79.9. The molecule has 1 aromatic heterocycles. The van der Waals surface area contributed by atoms with Gasteiger partial charge in [-0.3, -0.25) is 24.0 Å². The zero-order valence-corrected chi connectivity index (χ0v) is 67.1. The van der Waals surface area contributed by atoms with E-state index in [0.717, 1.165) is 125 Å². The van der Waals surface area contributed by atoms with Crippen LogP contribution in [0, 0.1) is 45.6 Å². The van der Waals surface area contributed by atoms with Gasteiger partial charge in [0.2, 0.25) is 0 Å². The van der Waals surface area contributed by atoms with Crippen molar-refractivity contribution in [3.8, 4) is 28.3 Å². The van der Waals surface area contributed by atoms with E-state index in [9.17, 15) is 29.2 Å². The molecule has 0 atom stereocenters. The van der Waals surface area contributed by atoms with Crippen LogP contribution in [0.5, 0.6) is 0 Å². The number of fused-ring (bicyclic) bond motifs is 4. The lowest BCUT2D eigenvalue weighted by Crippen LogP contribution is -2.26. The summed E-state index contributed by atoms with van der Waals surface area (Å²) in [6.45, 7) is 15.1. The summed E-state index contributed by atoms with van der Waals surface area (Å²) in [5.74, 6) is -0.842. The number of anilines is 4. The standard InChI is InChI=1S/C23H14Br2N2O.C20H13Br2NOS.C19H16Br2N2O3.C17H10Br2N2O.CH4/c1-13-20(24)9-14(10-21(13)25)8-19-18-11-15(6-7-22(18)27-23(19)28)17-5-3-2-4-16(17)12-26;1-11-17(21)7-12(8-18(11)22)6-16-15-9-13(14-4-5-25-10-14)2-3-19(15)23-20(16)24;1-10-15(20)7-11(8-16(10)21)6-14-13-9-12(18(25)22-4-5-24)2-3-17(13)23-19(14)26;1-9-14(18)6-10(7-15(9)19)5-13-12-4-3-11(20-2)8-16(12)21-17(13)22;/h2-11H,1H3,(H,27,28);2-10H,1H3,(H,23,24);2-3,6-9,24H,4-5H2,1H3,(H,22,25)(H,23,26);3-8H,1H3,(H,21,22);1H4. The molecule has 510 valence electrons. The molecule has 4 aliphatic rings. The smallest absolute Gasteiger partial charge is 0.256 e. The number of nitrogens with zero attached hydrogens (tertiary/aromatic N) is 2. The molecular weight excluding hydrogens is 1830 g/mol. The van der Waals surface area contributed by atoms with E-state index in [-0.39, 0.29) is 50.1 Å². The second-order valence-electron chi connectivity index (χ2n) is 23.3. The van der Waals surface area contributed by atoms with Gasteiger partial charge < -0.3 is 31.7 Å². The summed E-state index contributed by atoms with van der Waals surface area (Å²) in [5, 5.41) is 36.5. The molecule has 0 unspecified atom stereocenters. The zero-order chi connectivity index (χ0) is 72.1. The number of halogens is 8. The molecule has 0 saturated heterocycles. The van der Waals surface area contributed by atoms with Gasteiger partial charge in [0.15, 0.2) is 5.69 Å². The molecule has 0 spiro atoms. The molecule has 6 N–H and O–H groups in total. The Bertz CT molecular complexity index is 5270. The number of carbonyl (C=O) groups excluding carboxylic acids is 5. The molecule has 102 heavy (non-hydrogen) atoms. The van der Waals surface area contributed by atoms with E-state index in [1.54, 1.807) is 53.8 Å². The first kappa shape index (κ1) is 76.4. The Morgan fingerprint density at radius 1 is 0.480 bits per heavy atom. The lowest BCUT2D eigenvalue weighted by molar-refractivity contribution is -0.111. The minimum absolute atomic E-state index is 0. The third-order valence-corrected chi connectivity index (χ3v) is 23.9. The van der Waals surface area contributed by atoms with Gasteiger partial charge in [-0.15, -0.1) is 0 Å². The number of nitrogens with one attached hydrogen (secondary N) is 5. The lowest BCUT2D eigenvalue weighted by Gasteiger charge is -2.07. The van der Waals surface area contributed by atoms with Crippen LogP contribution in [0.25, 0.3) is 73.7 Å². The first-order chi connectivity index (χ1) is 48.4. The summed E-state index contributed by atoms with van der Waals surface area (Å²) in [4.78, 5) is 65.1. The Labute approximate surface area is 661 Å². The van der Waals surface area contributed by atoms with Crippen molar-refractivity contribution in [2.75, 3.05) is 34.4 Å². The largest absolute Gasteiger partial charge is 0.395 e. The Balaban J connectivity index is 0.000000146. The minimum Gasteiger partial charge on any atom is -0.395 e. The highest BCUT2D eigenvalue weighted by Gasteiger charge is 2.29. The van der Waals surface area contributed by atoms with Crippen molar-refractivity contribution in [1.82, 2.24) is 5.32 Å². The van der Waals surface area contributed by atoms with Crippen LogP contribution < -0.4 is 26.6 Å². The molecular formula is C80H57Br8N7O6S. The summed E-state index contributed by atoms with van der Waals surface area (Å²) in [6, 6.07) is 49.8. The summed E-state index contributed by atoms with van der Waals surface area (Å²) in [5.41, 5.74) is 22.4. The maximum absolute atomic E-state index is 12.6. The molecule has 0 radical (unpaired) electrons. The molecule has 4 aliphatic heterocycles. The average molecular weight is 1880 g/mol. The second-order valence-corrected chi connectivity index (χ2v) is 30.9. The summed E-state index contributed by atoms with van der Waals surface area (Å²) in [7, 11) is 0. The first-order valence-corrected chi connectivity index (χ1v) is 38.0. The minimum atomic E-state index is -0.290. The SMILES string of the molecule is C.Cc1c(Br)cc(C=C2C(=O)Nc3ccc(-c4ccccc4C#N)cc32)cc1Br.Cc1c(Br)cc(C=C2C(=O)Nc3ccc(-c4ccsc4)cc32)cc1Br.Cc1c(Br)cc(C=C2C(=O)Nc3ccc(C(=O)NCCO)cc32)cc1Br.[C-]#[N+]c1ccc2c(c1)NC(=O)C2=Cc1cc(Br)c(C)c(Br)c1. The van der Waals surface area contributed by atoms with Gasteiger partial charge in [0, 0.05) is 115 Å². The summed E-state index contributed by atoms with van der Waals surface area (Å²) >= 11 is 30.0. The summed E-state index contributed by atoms with van der Waals surface area (Å²) in [6.07, 6.45) is 7.48. The highest BCUT2D eigenvalue weighted by Crippen LogP contribution is 2.43. The fourth-order valence-corrected chi connectivity index (χ4v) is 16.6.